The molecule has 0 fully saturated rings. The molecule has 0 aliphatic carbocycles. The minimum absolute atomic E-state index is 0.258. The predicted molar refractivity (Wildman–Crippen MR) is 76.9 cm³/mol. The lowest BCUT2D eigenvalue weighted by Crippen LogP contribution is -1.99. The fourth-order valence-electron chi connectivity index (χ4n) is 1.60. The van der Waals surface area contributed by atoms with Crippen molar-refractivity contribution >= 4 is 29.3 Å². The summed E-state index contributed by atoms with van der Waals surface area (Å²) in [5.41, 5.74) is 1.96. The highest BCUT2D eigenvalue weighted by atomic mass is 35.5. The van der Waals surface area contributed by atoms with Crippen LogP contribution in [0, 0.1) is 6.92 Å². The van der Waals surface area contributed by atoms with E-state index in [1.165, 1.54) is 11.8 Å². The third-order valence-corrected chi connectivity index (χ3v) is 3.84. The van der Waals surface area contributed by atoms with Gasteiger partial charge in [-0.3, -0.25) is 0 Å². The molecule has 1 aromatic carbocycles. The van der Waals surface area contributed by atoms with Crippen molar-refractivity contribution in [3.63, 3.8) is 0 Å². The Kier molecular flexibility index (Phi) is 4.45. The van der Waals surface area contributed by atoms with Crippen molar-refractivity contribution in [3.05, 3.63) is 58.2 Å². The number of nitrogens with zero attached hydrogens (tertiary/aromatic N) is 1. The van der Waals surface area contributed by atoms with Crippen LogP contribution in [0.4, 0.5) is 0 Å². The van der Waals surface area contributed by atoms with Crippen molar-refractivity contribution in [3.8, 4) is 0 Å². The van der Waals surface area contributed by atoms with Gasteiger partial charge in [-0.25, -0.2) is 9.78 Å². The summed E-state index contributed by atoms with van der Waals surface area (Å²) < 4.78 is 0. The molecule has 1 heterocycles. The van der Waals surface area contributed by atoms with Crippen LogP contribution in [0.2, 0.25) is 5.02 Å². The number of carboxylic acid groups (broad SMARTS) is 1. The number of halogens is 1. The molecule has 5 heteroatoms. The highest BCUT2D eigenvalue weighted by Gasteiger charge is 2.08. The summed E-state index contributed by atoms with van der Waals surface area (Å²) in [6.07, 6.45) is 0. The summed E-state index contributed by atoms with van der Waals surface area (Å²) in [6, 6.07) is 10.7. The first-order valence-electron chi connectivity index (χ1n) is 5.64. The average Bonchev–Trinajstić information content (AvgIpc) is 2.37. The molecule has 19 heavy (non-hydrogen) atoms. The molecule has 1 N–H and O–H groups in total. The van der Waals surface area contributed by atoms with Crippen molar-refractivity contribution in [1.29, 1.82) is 0 Å². The first-order valence-corrected chi connectivity index (χ1v) is 7.01. The van der Waals surface area contributed by atoms with Crippen LogP contribution in [0.3, 0.4) is 0 Å². The highest BCUT2D eigenvalue weighted by molar-refractivity contribution is 7.98. The van der Waals surface area contributed by atoms with Crippen LogP contribution in [0.25, 0.3) is 0 Å². The largest absolute Gasteiger partial charge is 0.478 e. The number of hydrogen-bond donors (Lipinski definition) is 1. The molecule has 98 valence electrons. The summed E-state index contributed by atoms with van der Waals surface area (Å²) >= 11 is 7.55. The van der Waals surface area contributed by atoms with Crippen LogP contribution in [0.5, 0.6) is 0 Å². The number of aryl methyl sites for hydroxylation is 1. The molecular formula is C14H12ClNO2S. The second-order valence-corrected chi connectivity index (χ2v) is 5.42. The molecule has 0 aliphatic rings. The van der Waals surface area contributed by atoms with Gasteiger partial charge in [0.2, 0.25) is 0 Å². The van der Waals surface area contributed by atoms with Gasteiger partial charge in [-0.2, -0.15) is 0 Å². The number of hydrogen-bond acceptors (Lipinski definition) is 3. The van der Waals surface area contributed by atoms with Crippen LogP contribution in [-0.2, 0) is 5.75 Å². The SMILES string of the molecule is Cc1cc(C(=O)O)cc(SCc2ccccc2Cl)n1. The quantitative estimate of drug-likeness (QED) is 0.865. The van der Waals surface area contributed by atoms with Gasteiger partial charge in [-0.1, -0.05) is 29.8 Å². The fourth-order valence-corrected chi connectivity index (χ4v) is 2.86. The van der Waals surface area contributed by atoms with Crippen LogP contribution in [-0.4, -0.2) is 16.1 Å². The van der Waals surface area contributed by atoms with E-state index < -0.39 is 5.97 Å². The van der Waals surface area contributed by atoms with Crippen molar-refractivity contribution in [2.45, 2.75) is 17.7 Å². The van der Waals surface area contributed by atoms with Crippen LogP contribution >= 0.6 is 23.4 Å². The van der Waals surface area contributed by atoms with E-state index in [0.29, 0.717) is 21.5 Å². The molecule has 0 saturated carbocycles. The second-order valence-electron chi connectivity index (χ2n) is 4.02. The predicted octanol–water partition coefficient (Wildman–Crippen LogP) is 4.03. The number of carboxylic acids is 1. The van der Waals surface area contributed by atoms with E-state index in [0.717, 1.165) is 5.56 Å². The highest BCUT2D eigenvalue weighted by Crippen LogP contribution is 2.26. The molecule has 2 aromatic rings. The molecule has 0 bridgehead atoms. The van der Waals surface area contributed by atoms with Crippen LogP contribution in [0.15, 0.2) is 41.4 Å². The zero-order valence-electron chi connectivity index (χ0n) is 10.3. The standard InChI is InChI=1S/C14H12ClNO2S/c1-9-6-11(14(17)18)7-13(16-9)19-8-10-4-2-3-5-12(10)15/h2-7H,8H2,1H3,(H,17,18). The fraction of sp³-hybridized carbons (Fsp3) is 0.143. The van der Waals surface area contributed by atoms with Crippen molar-refractivity contribution in [2.24, 2.45) is 0 Å². The molecular weight excluding hydrogens is 282 g/mol. The Hall–Kier alpha value is -1.52. The van der Waals surface area contributed by atoms with Gasteiger partial charge in [0.1, 0.15) is 0 Å². The van der Waals surface area contributed by atoms with Gasteiger partial charge in [0.25, 0.3) is 0 Å². The summed E-state index contributed by atoms with van der Waals surface area (Å²) in [7, 11) is 0. The van der Waals surface area contributed by atoms with E-state index in [1.54, 1.807) is 19.1 Å². The molecule has 0 aliphatic heterocycles. The van der Waals surface area contributed by atoms with Gasteiger partial charge in [0, 0.05) is 16.5 Å². The van der Waals surface area contributed by atoms with Gasteiger partial charge in [0.05, 0.1) is 10.6 Å². The minimum atomic E-state index is -0.940. The Bertz CT molecular complexity index is 616. The van der Waals surface area contributed by atoms with Crippen LogP contribution in [0.1, 0.15) is 21.6 Å². The molecule has 1 aromatic heterocycles. The number of thioether (sulfide) groups is 1. The lowest BCUT2D eigenvalue weighted by molar-refractivity contribution is 0.0696. The lowest BCUT2D eigenvalue weighted by atomic mass is 10.2. The third kappa shape index (κ3) is 3.72. The first kappa shape index (κ1) is 13.9. The number of aromatic nitrogens is 1. The normalized spacial score (nSPS) is 10.4. The number of pyridine rings is 1. The third-order valence-electron chi connectivity index (χ3n) is 2.51. The summed E-state index contributed by atoms with van der Waals surface area (Å²) in [5, 5.41) is 10.4. The Labute approximate surface area is 120 Å². The molecule has 3 nitrogen and oxygen atoms in total. The van der Waals surface area contributed by atoms with Crippen LogP contribution < -0.4 is 0 Å². The van der Waals surface area contributed by atoms with E-state index >= 15 is 0 Å². The Morgan fingerprint density at radius 2 is 2.11 bits per heavy atom. The van der Waals surface area contributed by atoms with Crippen molar-refractivity contribution in [1.82, 2.24) is 4.98 Å². The molecule has 0 radical (unpaired) electrons. The van der Waals surface area contributed by atoms with E-state index in [2.05, 4.69) is 4.98 Å². The molecule has 0 amide bonds. The van der Waals surface area contributed by atoms with Gasteiger partial charge in [-0.15, -0.1) is 11.8 Å². The lowest BCUT2D eigenvalue weighted by Gasteiger charge is -2.05. The Morgan fingerprint density at radius 1 is 1.37 bits per heavy atom. The maximum atomic E-state index is 11.0. The maximum Gasteiger partial charge on any atom is 0.335 e. The number of aromatic carboxylic acids is 1. The van der Waals surface area contributed by atoms with E-state index in [9.17, 15) is 4.79 Å². The molecule has 0 atom stereocenters. The summed E-state index contributed by atoms with van der Waals surface area (Å²) in [4.78, 5) is 15.3. The Balaban J connectivity index is 2.16. The second kappa shape index (κ2) is 6.08. The van der Waals surface area contributed by atoms with E-state index in [1.807, 2.05) is 24.3 Å². The topological polar surface area (TPSA) is 50.2 Å². The zero-order chi connectivity index (χ0) is 13.8. The van der Waals surface area contributed by atoms with Gasteiger partial charge in [-0.05, 0) is 30.7 Å². The summed E-state index contributed by atoms with van der Waals surface area (Å²) in [6.45, 7) is 1.78. The number of benzene rings is 1. The minimum Gasteiger partial charge on any atom is -0.478 e. The van der Waals surface area contributed by atoms with Gasteiger partial charge >= 0.3 is 5.97 Å². The van der Waals surface area contributed by atoms with Crippen molar-refractivity contribution < 1.29 is 9.90 Å². The smallest absolute Gasteiger partial charge is 0.335 e. The molecule has 2 rings (SSSR count). The maximum absolute atomic E-state index is 11.0. The van der Waals surface area contributed by atoms with Crippen molar-refractivity contribution in [2.75, 3.05) is 0 Å². The van der Waals surface area contributed by atoms with E-state index in [-0.39, 0.29) is 5.56 Å². The molecule has 0 unspecified atom stereocenters. The monoisotopic (exact) mass is 293 g/mol. The number of rotatable bonds is 4. The molecule has 0 saturated heterocycles. The Morgan fingerprint density at radius 3 is 2.79 bits per heavy atom. The van der Waals surface area contributed by atoms with E-state index in [4.69, 9.17) is 16.7 Å². The average molecular weight is 294 g/mol. The van der Waals surface area contributed by atoms with Gasteiger partial charge in [0.15, 0.2) is 0 Å². The number of carbonyl (C=O) groups is 1. The summed E-state index contributed by atoms with van der Waals surface area (Å²) in [5.74, 6) is -0.278. The molecule has 0 spiro atoms. The van der Waals surface area contributed by atoms with Gasteiger partial charge < -0.3 is 5.11 Å². The zero-order valence-corrected chi connectivity index (χ0v) is 11.8. The first-order chi connectivity index (χ1) is 9.06.